The van der Waals surface area contributed by atoms with Gasteiger partial charge in [-0.25, -0.2) is 0 Å². The molecule has 9 heteroatoms. The first-order chi connectivity index (χ1) is 11.5. The van der Waals surface area contributed by atoms with Crippen molar-refractivity contribution in [2.75, 3.05) is 13.1 Å². The Morgan fingerprint density at radius 2 is 2.08 bits per heavy atom. The van der Waals surface area contributed by atoms with E-state index >= 15 is 0 Å². The van der Waals surface area contributed by atoms with Gasteiger partial charge in [-0.2, -0.15) is 13.2 Å². The molecule has 2 heterocycles. The molecule has 2 fully saturated rings. The van der Waals surface area contributed by atoms with Crippen molar-refractivity contribution >= 4 is 5.91 Å². The first-order valence-corrected chi connectivity index (χ1v) is 8.52. The van der Waals surface area contributed by atoms with Crippen molar-refractivity contribution in [1.82, 2.24) is 19.9 Å². The molecule has 1 aromatic rings. The minimum atomic E-state index is -4.47. The minimum Gasteiger partial charge on any atom is -0.384 e. The summed E-state index contributed by atoms with van der Waals surface area (Å²) in [7, 11) is 0. The number of carbonyl (C=O) groups excluding carboxylic acids is 1. The highest BCUT2D eigenvalue weighted by Gasteiger charge is 2.69. The summed E-state index contributed by atoms with van der Waals surface area (Å²) in [5, 5.41) is 17.8. The molecular formula is C16H23F3N4O2. The number of likely N-dealkylation sites (tertiary alicyclic amines) is 1. The van der Waals surface area contributed by atoms with Gasteiger partial charge in [0.1, 0.15) is 16.7 Å². The molecule has 2 aliphatic rings. The third-order valence-corrected chi connectivity index (χ3v) is 5.12. The lowest BCUT2D eigenvalue weighted by molar-refractivity contribution is -0.199. The van der Waals surface area contributed by atoms with Crippen LogP contribution < -0.4 is 0 Å². The number of carbonyl (C=O) groups is 1. The maximum absolute atomic E-state index is 13.2. The predicted octanol–water partition coefficient (Wildman–Crippen LogP) is 2.09. The Balaban J connectivity index is 1.64. The van der Waals surface area contributed by atoms with Crippen molar-refractivity contribution in [3.8, 4) is 0 Å². The average Bonchev–Trinajstić information content (AvgIpc) is 3.20. The maximum atomic E-state index is 13.2. The number of hydrogen-bond acceptors (Lipinski definition) is 4. The summed E-state index contributed by atoms with van der Waals surface area (Å²) < 4.78 is 41.1. The Kier molecular flexibility index (Phi) is 4.33. The molecule has 1 saturated carbocycles. The van der Waals surface area contributed by atoms with E-state index in [1.165, 1.54) is 4.90 Å². The zero-order chi connectivity index (χ0) is 18.5. The lowest BCUT2D eigenvalue weighted by Crippen LogP contribution is -2.48. The summed E-state index contributed by atoms with van der Waals surface area (Å²) in [6.07, 6.45) is -1.54. The number of rotatable bonds is 4. The minimum absolute atomic E-state index is 0.0260. The number of amides is 1. The highest BCUT2D eigenvalue weighted by atomic mass is 19.4. The highest BCUT2D eigenvalue weighted by molar-refractivity contribution is 5.86. The van der Waals surface area contributed by atoms with Crippen LogP contribution >= 0.6 is 0 Å². The number of aliphatic hydroxyl groups is 1. The standard InChI is InChI=1S/C16H23F3N4O2/c1-14(2,25)12-10-23(21-20-12)9-11-4-3-7-22(8-11)13(24)15(5-6-15)16(17,18)19/h10-11,25H,3-9H2,1-2H3/t11-/m0/s1. The number of alkyl halides is 3. The van der Waals surface area contributed by atoms with E-state index in [9.17, 15) is 23.1 Å². The molecule has 1 aliphatic heterocycles. The lowest BCUT2D eigenvalue weighted by Gasteiger charge is -2.35. The van der Waals surface area contributed by atoms with Crippen molar-refractivity contribution in [1.29, 1.82) is 0 Å². The fraction of sp³-hybridized carbons (Fsp3) is 0.812. The SMILES string of the molecule is CC(C)(O)c1cn(C[C@H]2CCCN(C(=O)C3(C(F)(F)F)CC3)C2)nn1. The third-order valence-electron chi connectivity index (χ3n) is 5.12. The average molecular weight is 360 g/mol. The molecular weight excluding hydrogens is 337 g/mol. The molecule has 1 amide bonds. The molecule has 0 spiro atoms. The molecule has 0 radical (unpaired) electrons. The van der Waals surface area contributed by atoms with Crippen LogP contribution in [0.4, 0.5) is 13.2 Å². The van der Waals surface area contributed by atoms with Crippen LogP contribution in [0.15, 0.2) is 6.20 Å². The van der Waals surface area contributed by atoms with E-state index in [1.807, 2.05) is 0 Å². The molecule has 1 aliphatic carbocycles. The van der Waals surface area contributed by atoms with Crippen LogP contribution in [0, 0.1) is 11.3 Å². The van der Waals surface area contributed by atoms with Crippen molar-refractivity contribution in [3.63, 3.8) is 0 Å². The maximum Gasteiger partial charge on any atom is 0.403 e. The van der Waals surface area contributed by atoms with Crippen LogP contribution in [-0.2, 0) is 16.9 Å². The predicted molar refractivity (Wildman–Crippen MR) is 82.3 cm³/mol. The lowest BCUT2D eigenvalue weighted by atomic mass is 9.95. The molecule has 3 rings (SSSR count). The van der Waals surface area contributed by atoms with Gasteiger partial charge < -0.3 is 10.0 Å². The largest absolute Gasteiger partial charge is 0.403 e. The van der Waals surface area contributed by atoms with Crippen LogP contribution in [-0.4, -0.2) is 50.2 Å². The van der Waals surface area contributed by atoms with Gasteiger partial charge in [-0.1, -0.05) is 5.21 Å². The van der Waals surface area contributed by atoms with E-state index in [-0.39, 0.29) is 18.8 Å². The first-order valence-electron chi connectivity index (χ1n) is 8.52. The van der Waals surface area contributed by atoms with Gasteiger partial charge >= 0.3 is 6.18 Å². The van der Waals surface area contributed by atoms with Crippen LogP contribution in [0.5, 0.6) is 0 Å². The molecule has 1 N–H and O–H groups in total. The summed E-state index contributed by atoms with van der Waals surface area (Å²) in [4.78, 5) is 13.8. The Bertz CT molecular complexity index is 647. The summed E-state index contributed by atoms with van der Waals surface area (Å²) in [5.74, 6) is -0.751. The monoisotopic (exact) mass is 360 g/mol. The fourth-order valence-electron chi connectivity index (χ4n) is 3.38. The van der Waals surface area contributed by atoms with E-state index < -0.39 is 23.1 Å². The Morgan fingerprint density at radius 1 is 1.40 bits per heavy atom. The Labute approximate surface area is 144 Å². The Hall–Kier alpha value is -1.64. The Morgan fingerprint density at radius 3 is 2.60 bits per heavy atom. The normalized spacial score (nSPS) is 23.6. The number of piperidine rings is 1. The summed E-state index contributed by atoms with van der Waals surface area (Å²) in [6.45, 7) is 4.35. The number of aromatic nitrogens is 3. The van der Waals surface area contributed by atoms with Gasteiger partial charge in [0.15, 0.2) is 0 Å². The second kappa shape index (κ2) is 5.96. The quantitative estimate of drug-likeness (QED) is 0.893. The number of nitrogens with zero attached hydrogens (tertiary/aromatic N) is 4. The van der Waals surface area contributed by atoms with Crippen LogP contribution in [0.25, 0.3) is 0 Å². The second-order valence-electron chi connectivity index (χ2n) is 7.72. The second-order valence-corrected chi connectivity index (χ2v) is 7.72. The third kappa shape index (κ3) is 3.51. The topological polar surface area (TPSA) is 71.2 Å². The van der Waals surface area contributed by atoms with Crippen LogP contribution in [0.2, 0.25) is 0 Å². The van der Waals surface area contributed by atoms with E-state index in [0.717, 1.165) is 6.42 Å². The van der Waals surface area contributed by atoms with E-state index in [2.05, 4.69) is 10.3 Å². The van der Waals surface area contributed by atoms with E-state index in [1.54, 1.807) is 24.7 Å². The van der Waals surface area contributed by atoms with Gasteiger partial charge in [-0.3, -0.25) is 9.48 Å². The molecule has 6 nitrogen and oxygen atoms in total. The van der Waals surface area contributed by atoms with Gasteiger partial charge in [0.2, 0.25) is 5.91 Å². The van der Waals surface area contributed by atoms with Gasteiger partial charge in [0.05, 0.1) is 6.20 Å². The zero-order valence-electron chi connectivity index (χ0n) is 14.4. The summed E-state index contributed by atoms with van der Waals surface area (Å²) >= 11 is 0. The molecule has 0 bridgehead atoms. The van der Waals surface area contributed by atoms with E-state index in [0.29, 0.717) is 31.7 Å². The van der Waals surface area contributed by atoms with Gasteiger partial charge in [0, 0.05) is 19.6 Å². The molecule has 140 valence electrons. The van der Waals surface area contributed by atoms with Crippen molar-refractivity contribution in [3.05, 3.63) is 11.9 Å². The van der Waals surface area contributed by atoms with Gasteiger partial charge in [0.25, 0.3) is 0 Å². The van der Waals surface area contributed by atoms with Gasteiger partial charge in [-0.15, -0.1) is 5.10 Å². The summed E-state index contributed by atoms with van der Waals surface area (Å²) in [5.41, 5.74) is -2.81. The highest BCUT2D eigenvalue weighted by Crippen LogP contribution is 2.58. The van der Waals surface area contributed by atoms with Crippen molar-refractivity contribution < 1.29 is 23.1 Å². The van der Waals surface area contributed by atoms with Crippen molar-refractivity contribution in [2.24, 2.45) is 11.3 Å². The van der Waals surface area contributed by atoms with Gasteiger partial charge in [-0.05, 0) is 45.4 Å². The van der Waals surface area contributed by atoms with E-state index in [4.69, 9.17) is 0 Å². The summed E-state index contributed by atoms with van der Waals surface area (Å²) in [6, 6.07) is 0. The molecule has 1 atom stereocenters. The van der Waals surface area contributed by atoms with Crippen LogP contribution in [0.1, 0.15) is 45.2 Å². The van der Waals surface area contributed by atoms with Crippen LogP contribution in [0.3, 0.4) is 0 Å². The molecule has 25 heavy (non-hydrogen) atoms. The number of halogens is 3. The molecule has 0 unspecified atom stereocenters. The molecule has 1 aromatic heterocycles. The molecule has 1 saturated heterocycles. The smallest absolute Gasteiger partial charge is 0.384 e. The fourth-order valence-corrected chi connectivity index (χ4v) is 3.38. The number of hydrogen-bond donors (Lipinski definition) is 1. The zero-order valence-corrected chi connectivity index (χ0v) is 14.4. The molecule has 0 aromatic carbocycles. The first kappa shape index (κ1) is 18.2. The van der Waals surface area contributed by atoms with Crippen molar-refractivity contribution in [2.45, 2.75) is 57.9 Å².